The van der Waals surface area contributed by atoms with Crippen molar-refractivity contribution in [2.24, 2.45) is 0 Å². The van der Waals surface area contributed by atoms with Crippen molar-refractivity contribution in [2.45, 2.75) is 51.7 Å². The second-order valence-corrected chi connectivity index (χ2v) is 7.13. The normalized spacial score (nSPS) is 15.8. The third kappa shape index (κ3) is 3.58. The fourth-order valence-electron chi connectivity index (χ4n) is 2.85. The average molecular weight is 386 g/mol. The third-order valence-electron chi connectivity index (χ3n) is 4.52. The van der Waals surface area contributed by atoms with Crippen LogP contribution in [0.25, 0.3) is 0 Å². The van der Waals surface area contributed by atoms with E-state index in [0.29, 0.717) is 11.4 Å². The van der Waals surface area contributed by atoms with Gasteiger partial charge in [-0.25, -0.2) is 0 Å². The molecule has 1 unspecified atom stereocenters. The standard InChI is InChI=1S/C18H19ClF3N3O/c1-9-4-5-10(2)13(8-9)23-17(26)11(3)25-15(12-6-7-12)14(19)16(24-25)18(20,21)22/h4-5,8,11-12H,6-7H2,1-3H3,(H,23,26). The highest BCUT2D eigenvalue weighted by atomic mass is 35.5. The van der Waals surface area contributed by atoms with Gasteiger partial charge in [-0.3, -0.25) is 9.48 Å². The summed E-state index contributed by atoms with van der Waals surface area (Å²) in [5.74, 6) is -0.518. The summed E-state index contributed by atoms with van der Waals surface area (Å²) in [5.41, 5.74) is 1.63. The van der Waals surface area contributed by atoms with Crippen LogP contribution in [0, 0.1) is 13.8 Å². The lowest BCUT2D eigenvalue weighted by molar-refractivity contribution is -0.141. The van der Waals surface area contributed by atoms with Gasteiger partial charge in [0.15, 0.2) is 5.69 Å². The number of hydrogen-bond acceptors (Lipinski definition) is 2. The molecule has 3 rings (SSSR count). The molecule has 0 saturated heterocycles. The number of carbonyl (C=O) groups is 1. The second-order valence-electron chi connectivity index (χ2n) is 6.75. The Labute approximate surface area is 154 Å². The smallest absolute Gasteiger partial charge is 0.324 e. The summed E-state index contributed by atoms with van der Waals surface area (Å²) in [4.78, 5) is 12.6. The SMILES string of the molecule is Cc1ccc(C)c(NC(=O)C(C)n2nc(C(F)(F)F)c(Cl)c2C2CC2)c1. The van der Waals surface area contributed by atoms with Crippen molar-refractivity contribution in [1.29, 1.82) is 0 Å². The van der Waals surface area contributed by atoms with Crippen molar-refractivity contribution in [3.05, 3.63) is 45.7 Å². The van der Waals surface area contributed by atoms with E-state index >= 15 is 0 Å². The lowest BCUT2D eigenvalue weighted by Gasteiger charge is -2.17. The zero-order chi connectivity index (χ0) is 19.2. The molecule has 1 N–H and O–H groups in total. The Kier molecular flexibility index (Phi) is 4.77. The molecule has 1 saturated carbocycles. The quantitative estimate of drug-likeness (QED) is 0.781. The molecular formula is C18H19ClF3N3O. The number of rotatable bonds is 4. The van der Waals surface area contributed by atoms with Crippen molar-refractivity contribution in [3.63, 3.8) is 0 Å². The number of benzene rings is 1. The molecule has 0 radical (unpaired) electrons. The first-order valence-electron chi connectivity index (χ1n) is 8.32. The molecule has 1 heterocycles. The number of anilines is 1. The Balaban J connectivity index is 1.93. The molecule has 2 aromatic rings. The number of amides is 1. The van der Waals surface area contributed by atoms with Gasteiger partial charge >= 0.3 is 6.18 Å². The van der Waals surface area contributed by atoms with Gasteiger partial charge in [-0.1, -0.05) is 23.7 Å². The van der Waals surface area contributed by atoms with Gasteiger partial charge in [-0.05, 0) is 50.8 Å². The van der Waals surface area contributed by atoms with Gasteiger partial charge < -0.3 is 5.32 Å². The largest absolute Gasteiger partial charge is 0.436 e. The van der Waals surface area contributed by atoms with Crippen molar-refractivity contribution in [2.75, 3.05) is 5.32 Å². The van der Waals surface area contributed by atoms with Gasteiger partial charge in [0.05, 0.1) is 10.7 Å². The van der Waals surface area contributed by atoms with Crippen LogP contribution in [0.15, 0.2) is 18.2 Å². The molecular weight excluding hydrogens is 367 g/mol. The molecule has 1 aliphatic rings. The number of nitrogens with zero attached hydrogens (tertiary/aromatic N) is 2. The van der Waals surface area contributed by atoms with E-state index in [1.165, 1.54) is 6.92 Å². The summed E-state index contributed by atoms with van der Waals surface area (Å²) in [7, 11) is 0. The van der Waals surface area contributed by atoms with Crippen LogP contribution in [0.1, 0.15) is 54.2 Å². The Morgan fingerprint density at radius 2 is 2.00 bits per heavy atom. The third-order valence-corrected chi connectivity index (χ3v) is 4.89. The van der Waals surface area contributed by atoms with E-state index in [9.17, 15) is 18.0 Å². The fraction of sp³-hybridized carbons (Fsp3) is 0.444. The summed E-state index contributed by atoms with van der Waals surface area (Å²) < 4.78 is 40.6. The molecule has 140 valence electrons. The van der Waals surface area contributed by atoms with Gasteiger partial charge in [-0.15, -0.1) is 0 Å². The maximum Gasteiger partial charge on any atom is 0.436 e. The summed E-state index contributed by atoms with van der Waals surface area (Å²) in [6, 6.07) is 4.69. The van der Waals surface area contributed by atoms with Crippen molar-refractivity contribution in [1.82, 2.24) is 9.78 Å². The molecule has 0 aliphatic heterocycles. The summed E-state index contributed by atoms with van der Waals surface area (Å²) in [6.45, 7) is 5.27. The molecule has 8 heteroatoms. The van der Waals surface area contributed by atoms with Gasteiger partial charge in [0.25, 0.3) is 0 Å². The summed E-state index contributed by atoms with van der Waals surface area (Å²) >= 11 is 5.97. The lowest BCUT2D eigenvalue weighted by Crippen LogP contribution is -2.26. The number of nitrogens with one attached hydrogen (secondary N) is 1. The van der Waals surface area contributed by atoms with Crippen molar-refractivity contribution >= 4 is 23.2 Å². The Hall–Kier alpha value is -2.02. The molecule has 1 atom stereocenters. The molecule has 1 fully saturated rings. The molecule has 1 amide bonds. The zero-order valence-electron chi connectivity index (χ0n) is 14.6. The Morgan fingerprint density at radius 1 is 1.35 bits per heavy atom. The number of carbonyl (C=O) groups excluding carboxylic acids is 1. The molecule has 4 nitrogen and oxygen atoms in total. The molecule has 0 spiro atoms. The Morgan fingerprint density at radius 3 is 2.58 bits per heavy atom. The highest BCUT2D eigenvalue weighted by molar-refractivity contribution is 6.32. The summed E-state index contributed by atoms with van der Waals surface area (Å²) in [5, 5.41) is 6.03. The minimum atomic E-state index is -4.66. The van der Waals surface area contributed by atoms with Gasteiger partial charge in [0, 0.05) is 11.6 Å². The average Bonchev–Trinajstić information content (AvgIpc) is 3.31. The second kappa shape index (κ2) is 6.61. The predicted molar refractivity (Wildman–Crippen MR) is 93.5 cm³/mol. The van der Waals surface area contributed by atoms with Crippen LogP contribution < -0.4 is 5.32 Å². The number of aryl methyl sites for hydroxylation is 2. The van der Waals surface area contributed by atoms with E-state index in [0.717, 1.165) is 28.7 Å². The maximum absolute atomic E-state index is 13.2. The van der Waals surface area contributed by atoms with Gasteiger partial charge in [0.1, 0.15) is 6.04 Å². The van der Waals surface area contributed by atoms with E-state index in [2.05, 4.69) is 10.4 Å². The number of hydrogen-bond donors (Lipinski definition) is 1. The first kappa shape index (κ1) is 18.8. The molecule has 1 aromatic carbocycles. The van der Waals surface area contributed by atoms with E-state index in [1.54, 1.807) is 0 Å². The zero-order valence-corrected chi connectivity index (χ0v) is 15.4. The number of alkyl halides is 3. The highest BCUT2D eigenvalue weighted by Gasteiger charge is 2.43. The van der Waals surface area contributed by atoms with Crippen LogP contribution >= 0.6 is 11.6 Å². The number of halogens is 4. The minimum absolute atomic E-state index is 0.0814. The first-order chi connectivity index (χ1) is 12.1. The van der Waals surface area contributed by atoms with E-state index in [4.69, 9.17) is 11.6 Å². The minimum Gasteiger partial charge on any atom is -0.324 e. The van der Waals surface area contributed by atoms with Crippen LogP contribution in [-0.2, 0) is 11.0 Å². The maximum atomic E-state index is 13.2. The first-order valence-corrected chi connectivity index (χ1v) is 8.70. The summed E-state index contributed by atoms with van der Waals surface area (Å²) in [6.07, 6.45) is -3.17. The van der Waals surface area contributed by atoms with Crippen LogP contribution in [-0.4, -0.2) is 15.7 Å². The molecule has 1 aromatic heterocycles. The topological polar surface area (TPSA) is 46.9 Å². The van der Waals surface area contributed by atoms with Crippen LogP contribution in [0.2, 0.25) is 5.02 Å². The molecule has 1 aliphatic carbocycles. The fourth-order valence-corrected chi connectivity index (χ4v) is 3.23. The monoisotopic (exact) mass is 385 g/mol. The number of aromatic nitrogens is 2. The molecule has 0 bridgehead atoms. The van der Waals surface area contributed by atoms with Crippen molar-refractivity contribution < 1.29 is 18.0 Å². The van der Waals surface area contributed by atoms with E-state index in [-0.39, 0.29) is 5.92 Å². The van der Waals surface area contributed by atoms with Crippen LogP contribution in [0.4, 0.5) is 18.9 Å². The van der Waals surface area contributed by atoms with Crippen LogP contribution in [0.5, 0.6) is 0 Å². The Bertz CT molecular complexity index is 856. The lowest BCUT2D eigenvalue weighted by atomic mass is 10.1. The molecule has 26 heavy (non-hydrogen) atoms. The van der Waals surface area contributed by atoms with Crippen LogP contribution in [0.3, 0.4) is 0 Å². The van der Waals surface area contributed by atoms with E-state index in [1.807, 2.05) is 32.0 Å². The predicted octanol–water partition coefficient (Wildman–Crippen LogP) is 5.25. The van der Waals surface area contributed by atoms with Gasteiger partial charge in [0.2, 0.25) is 5.91 Å². The van der Waals surface area contributed by atoms with E-state index < -0.39 is 28.8 Å². The van der Waals surface area contributed by atoms with Gasteiger partial charge in [-0.2, -0.15) is 18.3 Å². The highest BCUT2D eigenvalue weighted by Crippen LogP contribution is 2.47. The van der Waals surface area contributed by atoms with Crippen molar-refractivity contribution in [3.8, 4) is 0 Å².